The zero-order valence-corrected chi connectivity index (χ0v) is 20.3. The maximum absolute atomic E-state index is 12.9. The van der Waals surface area contributed by atoms with Crippen LogP contribution in [0.15, 0.2) is 12.1 Å². The Balaban J connectivity index is 1.32. The summed E-state index contributed by atoms with van der Waals surface area (Å²) in [4.78, 5) is 29.7. The Labute approximate surface area is 193 Å². The zero-order valence-electron chi connectivity index (χ0n) is 20.3. The van der Waals surface area contributed by atoms with E-state index in [9.17, 15) is 9.59 Å². The first-order valence-electron chi connectivity index (χ1n) is 12.9. The highest BCUT2D eigenvalue weighted by atomic mass is 16.2. The van der Waals surface area contributed by atoms with Crippen LogP contribution >= 0.6 is 0 Å². The smallest absolute Gasteiger partial charge is 0.246 e. The second-order valence-corrected chi connectivity index (χ2v) is 10.5. The van der Waals surface area contributed by atoms with Crippen molar-refractivity contribution >= 4 is 17.9 Å². The van der Waals surface area contributed by atoms with Crippen molar-refractivity contribution in [2.75, 3.05) is 26.2 Å². The van der Waals surface area contributed by atoms with Gasteiger partial charge in [0.1, 0.15) is 0 Å². The van der Waals surface area contributed by atoms with Gasteiger partial charge in [-0.25, -0.2) is 0 Å². The van der Waals surface area contributed by atoms with Crippen molar-refractivity contribution in [3.63, 3.8) is 0 Å². The average molecular weight is 440 g/mol. The molecular formula is C27H41N3O2. The van der Waals surface area contributed by atoms with E-state index in [4.69, 9.17) is 0 Å². The molecule has 0 spiro atoms. The molecule has 0 bridgehead atoms. The molecule has 3 fully saturated rings. The molecule has 3 aliphatic rings. The highest BCUT2D eigenvalue weighted by Gasteiger charge is 2.31. The zero-order chi connectivity index (χ0) is 22.7. The summed E-state index contributed by atoms with van der Waals surface area (Å²) in [6, 6.07) is 2.83. The molecule has 2 amide bonds. The maximum Gasteiger partial charge on any atom is 0.246 e. The fourth-order valence-corrected chi connectivity index (χ4v) is 6.13. The number of rotatable bonds is 4. The number of amides is 2. The van der Waals surface area contributed by atoms with Gasteiger partial charge in [-0.15, -0.1) is 0 Å². The van der Waals surface area contributed by atoms with E-state index in [1.54, 1.807) is 6.08 Å². The van der Waals surface area contributed by atoms with Gasteiger partial charge in [0.25, 0.3) is 0 Å². The van der Waals surface area contributed by atoms with E-state index < -0.39 is 0 Å². The van der Waals surface area contributed by atoms with Gasteiger partial charge in [0, 0.05) is 55.6 Å². The van der Waals surface area contributed by atoms with Gasteiger partial charge in [-0.2, -0.15) is 0 Å². The summed E-state index contributed by atoms with van der Waals surface area (Å²) in [5, 5.41) is 0. The standard InChI is InChI=1S/C27H41N3O2/c1-20-8-7-15-29(19-20)27(32)23-13-16-28(17-14-23)26(31)12-11-24-18-21(2)30(22(24)3)25-9-5-4-6-10-25/h11-12,18,20,23,25H,4-10,13-17,19H2,1-3H3/b12-11+. The fourth-order valence-electron chi connectivity index (χ4n) is 6.13. The number of aromatic nitrogens is 1. The largest absolute Gasteiger partial charge is 0.346 e. The monoisotopic (exact) mass is 439 g/mol. The average Bonchev–Trinajstić information content (AvgIpc) is 3.10. The molecule has 1 unspecified atom stereocenters. The van der Waals surface area contributed by atoms with Crippen LogP contribution < -0.4 is 0 Å². The molecule has 0 radical (unpaired) electrons. The first-order valence-corrected chi connectivity index (χ1v) is 12.9. The van der Waals surface area contributed by atoms with Crippen LogP contribution in [0.5, 0.6) is 0 Å². The summed E-state index contributed by atoms with van der Waals surface area (Å²) in [6.45, 7) is 9.79. The van der Waals surface area contributed by atoms with Crippen LogP contribution in [0.2, 0.25) is 0 Å². The molecule has 1 atom stereocenters. The quantitative estimate of drug-likeness (QED) is 0.611. The summed E-state index contributed by atoms with van der Waals surface area (Å²) in [5.41, 5.74) is 3.73. The maximum atomic E-state index is 12.9. The van der Waals surface area contributed by atoms with Crippen LogP contribution in [0.25, 0.3) is 6.08 Å². The molecule has 1 saturated carbocycles. The number of nitrogens with zero attached hydrogens (tertiary/aromatic N) is 3. The predicted molar refractivity (Wildman–Crippen MR) is 129 cm³/mol. The molecule has 5 nitrogen and oxygen atoms in total. The van der Waals surface area contributed by atoms with Crippen molar-refractivity contribution in [1.82, 2.24) is 14.4 Å². The topological polar surface area (TPSA) is 45.6 Å². The van der Waals surface area contributed by atoms with Crippen molar-refractivity contribution in [2.24, 2.45) is 11.8 Å². The Hall–Kier alpha value is -2.04. The molecular weight excluding hydrogens is 398 g/mol. The third-order valence-electron chi connectivity index (χ3n) is 7.99. The first kappa shape index (κ1) is 23.1. The van der Waals surface area contributed by atoms with Gasteiger partial charge in [0.2, 0.25) is 11.8 Å². The second kappa shape index (κ2) is 10.3. The number of likely N-dealkylation sites (tertiary alicyclic amines) is 2. The van der Waals surface area contributed by atoms with Gasteiger partial charge in [-0.1, -0.05) is 26.2 Å². The highest BCUT2D eigenvalue weighted by Crippen LogP contribution is 2.32. The van der Waals surface area contributed by atoms with E-state index in [0.717, 1.165) is 37.9 Å². The Bertz CT molecular complexity index is 841. The number of piperidine rings is 2. The van der Waals surface area contributed by atoms with Crippen molar-refractivity contribution in [1.29, 1.82) is 0 Å². The normalized spacial score (nSPS) is 23.8. The summed E-state index contributed by atoms with van der Waals surface area (Å²) < 4.78 is 2.49. The minimum atomic E-state index is 0.0740. The van der Waals surface area contributed by atoms with Crippen LogP contribution in [0.4, 0.5) is 0 Å². The fraction of sp³-hybridized carbons (Fsp3) is 0.704. The molecule has 2 aliphatic heterocycles. The lowest BCUT2D eigenvalue weighted by Gasteiger charge is -2.37. The number of aryl methyl sites for hydroxylation is 1. The van der Waals surface area contributed by atoms with E-state index >= 15 is 0 Å². The molecule has 0 N–H and O–H groups in total. The van der Waals surface area contributed by atoms with E-state index in [1.807, 2.05) is 11.0 Å². The lowest BCUT2D eigenvalue weighted by atomic mass is 9.92. The van der Waals surface area contributed by atoms with Gasteiger partial charge in [-0.05, 0) is 76.0 Å². The molecule has 176 valence electrons. The van der Waals surface area contributed by atoms with Gasteiger partial charge in [0.15, 0.2) is 0 Å². The SMILES string of the molecule is Cc1cc(/C=C/C(=O)N2CCC(C(=O)N3CCCC(C)C3)CC2)c(C)n1C1CCCCC1. The van der Waals surface area contributed by atoms with Crippen LogP contribution in [0.1, 0.15) is 87.7 Å². The number of carbonyl (C=O) groups excluding carboxylic acids is 2. The van der Waals surface area contributed by atoms with E-state index in [-0.39, 0.29) is 11.8 Å². The lowest BCUT2D eigenvalue weighted by Crippen LogP contribution is -2.46. The van der Waals surface area contributed by atoms with Crippen LogP contribution in [0.3, 0.4) is 0 Å². The molecule has 2 saturated heterocycles. The van der Waals surface area contributed by atoms with Crippen molar-refractivity contribution in [2.45, 2.75) is 84.6 Å². The molecule has 1 aromatic heterocycles. The molecule has 4 rings (SSSR count). The molecule has 0 aromatic carbocycles. The van der Waals surface area contributed by atoms with Gasteiger partial charge in [0.05, 0.1) is 0 Å². The molecule has 3 heterocycles. The third kappa shape index (κ3) is 5.13. The van der Waals surface area contributed by atoms with Crippen molar-refractivity contribution in [3.8, 4) is 0 Å². The Kier molecular flexibility index (Phi) is 7.42. The Morgan fingerprint density at radius 3 is 2.31 bits per heavy atom. The van der Waals surface area contributed by atoms with E-state index in [2.05, 4.69) is 36.3 Å². The van der Waals surface area contributed by atoms with E-state index in [0.29, 0.717) is 31.0 Å². The predicted octanol–water partition coefficient (Wildman–Crippen LogP) is 5.12. The lowest BCUT2D eigenvalue weighted by molar-refractivity contribution is -0.140. The molecule has 1 aromatic rings. The Morgan fingerprint density at radius 2 is 1.62 bits per heavy atom. The van der Waals surface area contributed by atoms with Crippen LogP contribution in [0, 0.1) is 25.7 Å². The second-order valence-electron chi connectivity index (χ2n) is 10.5. The third-order valence-corrected chi connectivity index (χ3v) is 7.99. The summed E-state index contributed by atoms with van der Waals surface area (Å²) in [7, 11) is 0. The summed E-state index contributed by atoms with van der Waals surface area (Å²) >= 11 is 0. The van der Waals surface area contributed by atoms with Crippen molar-refractivity contribution in [3.05, 3.63) is 29.1 Å². The number of hydrogen-bond acceptors (Lipinski definition) is 2. The summed E-state index contributed by atoms with van der Waals surface area (Å²) in [6.07, 6.45) is 14.2. The summed E-state index contributed by atoms with van der Waals surface area (Å²) in [5.74, 6) is 1.08. The number of carbonyl (C=O) groups is 2. The molecule has 32 heavy (non-hydrogen) atoms. The van der Waals surface area contributed by atoms with Crippen LogP contribution in [-0.4, -0.2) is 52.4 Å². The van der Waals surface area contributed by atoms with Gasteiger partial charge in [-0.3, -0.25) is 9.59 Å². The Morgan fingerprint density at radius 1 is 0.906 bits per heavy atom. The molecule has 1 aliphatic carbocycles. The minimum Gasteiger partial charge on any atom is -0.346 e. The van der Waals surface area contributed by atoms with Gasteiger partial charge < -0.3 is 14.4 Å². The number of hydrogen-bond donors (Lipinski definition) is 0. The minimum absolute atomic E-state index is 0.0740. The first-order chi connectivity index (χ1) is 15.4. The van der Waals surface area contributed by atoms with Gasteiger partial charge >= 0.3 is 0 Å². The van der Waals surface area contributed by atoms with Crippen LogP contribution in [-0.2, 0) is 9.59 Å². The van der Waals surface area contributed by atoms with Crippen molar-refractivity contribution < 1.29 is 9.59 Å². The highest BCUT2D eigenvalue weighted by molar-refractivity contribution is 5.92. The van der Waals surface area contributed by atoms with E-state index in [1.165, 1.54) is 49.9 Å². The molecule has 5 heteroatoms.